The van der Waals surface area contributed by atoms with Crippen molar-refractivity contribution >= 4 is 15.9 Å². The lowest BCUT2D eigenvalue weighted by molar-refractivity contribution is 0.256. The second-order valence-corrected chi connectivity index (χ2v) is 5.02. The van der Waals surface area contributed by atoms with Gasteiger partial charge in [0, 0.05) is 11.4 Å². The smallest absolute Gasteiger partial charge is 0.00963 e. The Balaban J connectivity index is 2.07. The Kier molecular flexibility index (Phi) is 5.34. The molecule has 0 aliphatic heterocycles. The van der Waals surface area contributed by atoms with Crippen LogP contribution >= 0.6 is 15.9 Å². The van der Waals surface area contributed by atoms with Crippen molar-refractivity contribution in [3.8, 4) is 0 Å². The number of alkyl halides is 1. The van der Waals surface area contributed by atoms with Gasteiger partial charge >= 0.3 is 0 Å². The van der Waals surface area contributed by atoms with Crippen molar-refractivity contribution in [1.82, 2.24) is 4.90 Å². The molecule has 2 heteroatoms. The molecule has 78 valence electrons. The molecule has 0 heterocycles. The molecule has 1 unspecified atom stereocenters. The number of rotatable bonds is 7. The minimum atomic E-state index is 0.882. The van der Waals surface area contributed by atoms with Crippen molar-refractivity contribution in [2.45, 2.75) is 45.6 Å². The summed E-state index contributed by atoms with van der Waals surface area (Å²) in [4.78, 5) is 2.64. The number of nitrogens with zero attached hydrogens (tertiary/aromatic N) is 1. The summed E-state index contributed by atoms with van der Waals surface area (Å²) in [5.74, 6) is 0.882. The third-order valence-electron chi connectivity index (χ3n) is 2.98. The van der Waals surface area contributed by atoms with E-state index in [0.29, 0.717) is 0 Å². The molecule has 0 aromatic rings. The van der Waals surface area contributed by atoms with Crippen LogP contribution in [-0.2, 0) is 0 Å². The fourth-order valence-corrected chi connectivity index (χ4v) is 2.54. The van der Waals surface area contributed by atoms with Crippen molar-refractivity contribution in [2.75, 3.05) is 18.4 Å². The normalized spacial score (nSPS) is 19.4. The van der Waals surface area contributed by atoms with Crippen LogP contribution in [0, 0.1) is 5.92 Å². The van der Waals surface area contributed by atoms with E-state index in [1.807, 2.05) is 0 Å². The van der Waals surface area contributed by atoms with E-state index in [0.717, 1.165) is 17.3 Å². The van der Waals surface area contributed by atoms with Crippen LogP contribution in [-0.4, -0.2) is 29.4 Å². The molecule has 0 saturated heterocycles. The van der Waals surface area contributed by atoms with E-state index in [-0.39, 0.29) is 0 Å². The summed E-state index contributed by atoms with van der Waals surface area (Å²) in [7, 11) is 0. The van der Waals surface area contributed by atoms with Gasteiger partial charge < -0.3 is 4.90 Å². The summed E-state index contributed by atoms with van der Waals surface area (Å²) >= 11 is 3.50. The van der Waals surface area contributed by atoms with E-state index in [4.69, 9.17) is 0 Å². The van der Waals surface area contributed by atoms with Gasteiger partial charge in [-0.3, -0.25) is 0 Å². The van der Waals surface area contributed by atoms with Crippen molar-refractivity contribution in [1.29, 1.82) is 0 Å². The Hall–Kier alpha value is 0.440. The van der Waals surface area contributed by atoms with Crippen LogP contribution in [0.25, 0.3) is 0 Å². The molecular weight excluding hydrogens is 226 g/mol. The molecule has 0 amide bonds. The zero-order valence-corrected chi connectivity index (χ0v) is 10.5. The van der Waals surface area contributed by atoms with E-state index in [2.05, 4.69) is 34.7 Å². The van der Waals surface area contributed by atoms with E-state index in [1.54, 1.807) is 0 Å². The van der Waals surface area contributed by atoms with Crippen LogP contribution in [0.3, 0.4) is 0 Å². The monoisotopic (exact) mass is 247 g/mol. The van der Waals surface area contributed by atoms with Crippen LogP contribution in [0.2, 0.25) is 0 Å². The Morgan fingerprint density at radius 1 is 1.38 bits per heavy atom. The maximum Gasteiger partial charge on any atom is 0.00963 e. The second-order valence-electron chi connectivity index (χ2n) is 4.23. The molecular formula is C11H22BrN. The predicted octanol–water partition coefficient (Wildman–Crippen LogP) is 3.28. The highest BCUT2D eigenvalue weighted by molar-refractivity contribution is 9.09. The summed E-state index contributed by atoms with van der Waals surface area (Å²) in [6.07, 6.45) is 5.58. The summed E-state index contributed by atoms with van der Waals surface area (Å²) in [5, 5.41) is 1.16. The van der Waals surface area contributed by atoms with Gasteiger partial charge in [-0.1, -0.05) is 29.8 Å². The molecule has 0 bridgehead atoms. The highest BCUT2D eigenvalue weighted by Crippen LogP contribution is 2.27. The highest BCUT2D eigenvalue weighted by atomic mass is 79.9. The van der Waals surface area contributed by atoms with Crippen molar-refractivity contribution < 1.29 is 0 Å². The van der Waals surface area contributed by atoms with Crippen molar-refractivity contribution in [3.05, 3.63) is 0 Å². The Bertz CT molecular complexity index is 134. The molecule has 1 atom stereocenters. The minimum Gasteiger partial charge on any atom is -0.301 e. The Morgan fingerprint density at radius 2 is 2.08 bits per heavy atom. The van der Waals surface area contributed by atoms with Crippen LogP contribution in [0.4, 0.5) is 0 Å². The zero-order chi connectivity index (χ0) is 9.68. The molecule has 1 saturated carbocycles. The van der Waals surface area contributed by atoms with E-state index >= 15 is 0 Å². The first kappa shape index (κ1) is 11.5. The average Bonchev–Trinajstić information content (AvgIpc) is 2.90. The average molecular weight is 248 g/mol. The first-order valence-corrected chi connectivity index (χ1v) is 6.70. The second kappa shape index (κ2) is 6.02. The van der Waals surface area contributed by atoms with Gasteiger partial charge in [0.1, 0.15) is 0 Å². The molecule has 1 aliphatic rings. The molecule has 0 aromatic carbocycles. The fraction of sp³-hybridized carbons (Fsp3) is 1.00. The molecule has 1 nitrogen and oxygen atoms in total. The molecule has 0 N–H and O–H groups in total. The largest absolute Gasteiger partial charge is 0.301 e. The summed E-state index contributed by atoms with van der Waals surface area (Å²) in [5.41, 5.74) is 0. The number of halogens is 1. The Labute approximate surface area is 91.0 Å². The highest BCUT2D eigenvalue weighted by Gasteiger charge is 2.27. The van der Waals surface area contributed by atoms with E-state index < -0.39 is 0 Å². The van der Waals surface area contributed by atoms with Gasteiger partial charge in [0.25, 0.3) is 0 Å². The van der Waals surface area contributed by atoms with Crippen LogP contribution in [0.1, 0.15) is 39.5 Å². The van der Waals surface area contributed by atoms with Crippen molar-refractivity contribution in [2.24, 2.45) is 5.92 Å². The van der Waals surface area contributed by atoms with Crippen LogP contribution in [0.15, 0.2) is 0 Å². The lowest BCUT2D eigenvalue weighted by Gasteiger charge is -2.21. The molecule has 0 aromatic heterocycles. The van der Waals surface area contributed by atoms with E-state index in [1.165, 1.54) is 38.8 Å². The third-order valence-corrected chi connectivity index (χ3v) is 3.44. The predicted molar refractivity (Wildman–Crippen MR) is 62.5 cm³/mol. The number of hydrogen-bond acceptors (Lipinski definition) is 1. The van der Waals surface area contributed by atoms with Gasteiger partial charge in [-0.2, -0.15) is 0 Å². The molecule has 0 spiro atoms. The SMILES string of the molecule is CCN(CCC(C)CCBr)C1CC1. The quantitative estimate of drug-likeness (QED) is 0.625. The van der Waals surface area contributed by atoms with Gasteiger partial charge in [0.15, 0.2) is 0 Å². The van der Waals surface area contributed by atoms with Gasteiger partial charge in [-0.05, 0) is 44.7 Å². The first-order valence-electron chi connectivity index (χ1n) is 5.58. The number of hydrogen-bond donors (Lipinski definition) is 0. The van der Waals surface area contributed by atoms with Gasteiger partial charge in [-0.25, -0.2) is 0 Å². The topological polar surface area (TPSA) is 3.24 Å². The standard InChI is InChI=1S/C11H22BrN/c1-3-13(11-4-5-11)9-7-10(2)6-8-12/h10-11H,3-9H2,1-2H3. The molecule has 13 heavy (non-hydrogen) atoms. The Morgan fingerprint density at radius 3 is 2.54 bits per heavy atom. The van der Waals surface area contributed by atoms with Gasteiger partial charge in [0.05, 0.1) is 0 Å². The lowest BCUT2D eigenvalue weighted by atomic mass is 10.1. The van der Waals surface area contributed by atoms with Gasteiger partial charge in [0.2, 0.25) is 0 Å². The zero-order valence-electron chi connectivity index (χ0n) is 8.93. The first-order chi connectivity index (χ1) is 6.27. The summed E-state index contributed by atoms with van der Waals surface area (Å²) < 4.78 is 0. The summed E-state index contributed by atoms with van der Waals surface area (Å²) in [6.45, 7) is 7.20. The van der Waals surface area contributed by atoms with Crippen LogP contribution in [0.5, 0.6) is 0 Å². The third kappa shape index (κ3) is 4.46. The maximum absolute atomic E-state index is 3.50. The molecule has 1 aliphatic carbocycles. The van der Waals surface area contributed by atoms with E-state index in [9.17, 15) is 0 Å². The molecule has 1 rings (SSSR count). The summed E-state index contributed by atoms with van der Waals surface area (Å²) in [6, 6.07) is 0.946. The van der Waals surface area contributed by atoms with Gasteiger partial charge in [-0.15, -0.1) is 0 Å². The van der Waals surface area contributed by atoms with Crippen molar-refractivity contribution in [3.63, 3.8) is 0 Å². The molecule has 0 radical (unpaired) electrons. The molecule has 1 fully saturated rings. The fourth-order valence-electron chi connectivity index (χ4n) is 1.76. The lowest BCUT2D eigenvalue weighted by Crippen LogP contribution is -2.27. The van der Waals surface area contributed by atoms with Crippen LogP contribution < -0.4 is 0 Å². The minimum absolute atomic E-state index is 0.882. The maximum atomic E-state index is 3.50.